The van der Waals surface area contributed by atoms with E-state index < -0.39 is 0 Å². The van der Waals surface area contributed by atoms with Crippen LogP contribution in [0.4, 0.5) is 0 Å². The van der Waals surface area contributed by atoms with Gasteiger partial charge in [0.1, 0.15) is 0 Å². The minimum atomic E-state index is -0.137. The molecule has 0 bridgehead atoms. The van der Waals surface area contributed by atoms with E-state index in [1.165, 1.54) is 6.92 Å². The molecule has 1 amide bonds. The van der Waals surface area contributed by atoms with Crippen LogP contribution in [0.2, 0.25) is 0 Å². The summed E-state index contributed by atoms with van der Waals surface area (Å²) in [6, 6.07) is 7.83. The molecule has 122 valence electrons. The van der Waals surface area contributed by atoms with E-state index in [1.54, 1.807) is 4.90 Å². The fourth-order valence-corrected chi connectivity index (χ4v) is 3.02. The minimum Gasteiger partial charge on any atom is -0.376 e. The molecule has 3 rings (SSSR count). The maximum atomic E-state index is 12.3. The highest BCUT2D eigenvalue weighted by molar-refractivity contribution is 5.80. The third-order valence-corrected chi connectivity index (χ3v) is 4.33. The molecule has 5 nitrogen and oxygen atoms in total. The average molecular weight is 314 g/mol. The molecule has 1 saturated heterocycles. The van der Waals surface area contributed by atoms with Crippen LogP contribution in [-0.4, -0.2) is 35.0 Å². The molecule has 1 aliphatic rings. The summed E-state index contributed by atoms with van der Waals surface area (Å²) >= 11 is 0. The molecule has 2 heterocycles. The van der Waals surface area contributed by atoms with Crippen molar-refractivity contribution in [3.63, 3.8) is 0 Å². The third-order valence-electron chi connectivity index (χ3n) is 4.33. The molecule has 1 N–H and O–H groups in total. The van der Waals surface area contributed by atoms with Crippen LogP contribution in [0, 0.1) is 6.92 Å². The number of nitrogens with one attached hydrogen (secondary N) is 1. The number of hydrogen-bond donors (Lipinski definition) is 1. The topological polar surface area (TPSA) is 62.4 Å². The molecule has 2 aromatic rings. The van der Waals surface area contributed by atoms with E-state index in [4.69, 9.17) is 4.74 Å². The van der Waals surface area contributed by atoms with Crippen LogP contribution in [0.3, 0.4) is 0 Å². The molecule has 0 radical (unpaired) electrons. The van der Waals surface area contributed by atoms with Crippen molar-refractivity contribution < 1.29 is 9.53 Å². The largest absolute Gasteiger partial charge is 0.376 e. The van der Waals surface area contributed by atoms with Crippen LogP contribution < -0.4 is 5.56 Å². The Morgan fingerprint density at radius 3 is 2.91 bits per heavy atom. The summed E-state index contributed by atoms with van der Waals surface area (Å²) in [7, 11) is 0. The molecule has 1 fully saturated rings. The van der Waals surface area contributed by atoms with Crippen molar-refractivity contribution in [2.24, 2.45) is 0 Å². The van der Waals surface area contributed by atoms with Crippen molar-refractivity contribution in [1.29, 1.82) is 0 Å². The van der Waals surface area contributed by atoms with Gasteiger partial charge in [0.15, 0.2) is 0 Å². The van der Waals surface area contributed by atoms with Crippen molar-refractivity contribution in [2.45, 2.75) is 39.3 Å². The molecular formula is C18H22N2O3. The highest BCUT2D eigenvalue weighted by atomic mass is 16.5. The van der Waals surface area contributed by atoms with Gasteiger partial charge in [-0.3, -0.25) is 9.59 Å². The molecule has 0 aliphatic carbocycles. The lowest BCUT2D eigenvalue weighted by atomic mass is 10.1. The van der Waals surface area contributed by atoms with Gasteiger partial charge in [0.05, 0.1) is 12.6 Å². The number of hydrogen-bond acceptors (Lipinski definition) is 3. The van der Waals surface area contributed by atoms with Crippen LogP contribution in [0.1, 0.15) is 30.9 Å². The molecular weight excluding hydrogens is 292 g/mol. The number of rotatable bonds is 4. The summed E-state index contributed by atoms with van der Waals surface area (Å²) in [5, 5.41) is 0.978. The van der Waals surface area contributed by atoms with Gasteiger partial charge in [-0.15, -0.1) is 0 Å². The van der Waals surface area contributed by atoms with Gasteiger partial charge >= 0.3 is 0 Å². The SMILES string of the molecule is CC(=O)N(Cc1cc2ccc(C)cc2[nH]c1=O)C[C@@H]1CCCO1. The van der Waals surface area contributed by atoms with Gasteiger partial charge in [-0.1, -0.05) is 12.1 Å². The Kier molecular flexibility index (Phi) is 4.48. The van der Waals surface area contributed by atoms with Gasteiger partial charge in [0.2, 0.25) is 5.91 Å². The van der Waals surface area contributed by atoms with E-state index >= 15 is 0 Å². The number of carbonyl (C=O) groups is 1. The number of fused-ring (bicyclic) bond motifs is 1. The highest BCUT2D eigenvalue weighted by Gasteiger charge is 2.21. The lowest BCUT2D eigenvalue weighted by molar-refractivity contribution is -0.131. The predicted molar refractivity (Wildman–Crippen MR) is 89.4 cm³/mol. The number of H-pyrrole nitrogens is 1. The van der Waals surface area contributed by atoms with Crippen molar-refractivity contribution in [1.82, 2.24) is 9.88 Å². The Morgan fingerprint density at radius 1 is 1.39 bits per heavy atom. The number of benzene rings is 1. The second-order valence-corrected chi connectivity index (χ2v) is 6.25. The zero-order valence-corrected chi connectivity index (χ0v) is 13.6. The lowest BCUT2D eigenvalue weighted by Crippen LogP contribution is -2.36. The zero-order valence-electron chi connectivity index (χ0n) is 13.6. The molecule has 5 heteroatoms. The number of aromatic nitrogens is 1. The molecule has 0 saturated carbocycles. The van der Waals surface area contributed by atoms with Crippen LogP contribution in [0.5, 0.6) is 0 Å². The highest BCUT2D eigenvalue weighted by Crippen LogP contribution is 2.17. The molecule has 1 aromatic heterocycles. The number of aryl methyl sites for hydroxylation is 1. The van der Waals surface area contributed by atoms with E-state index in [0.717, 1.165) is 35.9 Å². The number of nitrogens with zero attached hydrogens (tertiary/aromatic N) is 1. The van der Waals surface area contributed by atoms with Crippen LogP contribution in [-0.2, 0) is 16.1 Å². The normalized spacial score (nSPS) is 17.6. The first kappa shape index (κ1) is 15.7. The first-order valence-electron chi connectivity index (χ1n) is 8.02. The second kappa shape index (κ2) is 6.54. The Labute approximate surface area is 135 Å². The lowest BCUT2D eigenvalue weighted by Gasteiger charge is -2.24. The van der Waals surface area contributed by atoms with Gasteiger partial charge < -0.3 is 14.6 Å². The molecule has 1 aliphatic heterocycles. The summed E-state index contributed by atoms with van der Waals surface area (Å²) < 4.78 is 5.61. The molecule has 1 atom stereocenters. The van der Waals surface area contributed by atoms with Gasteiger partial charge in [0, 0.05) is 31.2 Å². The Balaban J connectivity index is 1.85. The Hall–Kier alpha value is -2.14. The second-order valence-electron chi connectivity index (χ2n) is 6.25. The maximum absolute atomic E-state index is 12.3. The van der Waals surface area contributed by atoms with E-state index in [-0.39, 0.29) is 17.6 Å². The number of amides is 1. The predicted octanol–water partition coefficient (Wildman–Crippen LogP) is 2.36. The number of carbonyl (C=O) groups excluding carboxylic acids is 1. The summed E-state index contributed by atoms with van der Waals surface area (Å²) in [5.41, 5.74) is 2.40. The fourth-order valence-electron chi connectivity index (χ4n) is 3.02. The maximum Gasteiger partial charge on any atom is 0.253 e. The molecule has 0 unspecified atom stereocenters. The standard InChI is InChI=1S/C18H22N2O3/c1-12-5-6-14-9-15(18(22)19-17(14)8-12)10-20(13(2)21)11-16-4-3-7-23-16/h5-6,8-9,16H,3-4,7,10-11H2,1-2H3,(H,19,22)/t16-/m0/s1. The quantitative estimate of drug-likeness (QED) is 0.942. The molecule has 0 spiro atoms. The van der Waals surface area contributed by atoms with E-state index in [0.29, 0.717) is 18.7 Å². The summed E-state index contributed by atoms with van der Waals surface area (Å²) in [6.07, 6.45) is 2.09. The number of aromatic amines is 1. The van der Waals surface area contributed by atoms with Crippen LogP contribution >= 0.6 is 0 Å². The smallest absolute Gasteiger partial charge is 0.253 e. The summed E-state index contributed by atoms with van der Waals surface area (Å²) in [5.74, 6) is -0.0381. The van der Waals surface area contributed by atoms with Gasteiger partial charge in [-0.25, -0.2) is 0 Å². The minimum absolute atomic E-state index is 0.0381. The summed E-state index contributed by atoms with van der Waals surface area (Å²) in [4.78, 5) is 28.8. The van der Waals surface area contributed by atoms with Crippen molar-refractivity contribution >= 4 is 16.8 Å². The van der Waals surface area contributed by atoms with E-state index in [2.05, 4.69) is 4.98 Å². The van der Waals surface area contributed by atoms with Gasteiger partial charge in [-0.05, 0) is 42.8 Å². The number of pyridine rings is 1. The summed E-state index contributed by atoms with van der Waals surface area (Å²) in [6.45, 7) is 5.14. The first-order chi connectivity index (χ1) is 11.0. The monoisotopic (exact) mass is 314 g/mol. The third kappa shape index (κ3) is 3.62. The van der Waals surface area contributed by atoms with Crippen molar-refractivity contribution in [3.05, 3.63) is 45.7 Å². The Bertz CT molecular complexity index is 775. The number of ether oxygens (including phenoxy) is 1. The Morgan fingerprint density at radius 2 is 2.22 bits per heavy atom. The van der Waals surface area contributed by atoms with Gasteiger partial charge in [-0.2, -0.15) is 0 Å². The van der Waals surface area contributed by atoms with Crippen LogP contribution in [0.15, 0.2) is 29.1 Å². The van der Waals surface area contributed by atoms with Crippen molar-refractivity contribution in [3.8, 4) is 0 Å². The van der Waals surface area contributed by atoms with Crippen LogP contribution in [0.25, 0.3) is 10.9 Å². The van der Waals surface area contributed by atoms with Gasteiger partial charge in [0.25, 0.3) is 5.56 Å². The van der Waals surface area contributed by atoms with E-state index in [9.17, 15) is 9.59 Å². The molecule has 1 aromatic carbocycles. The first-order valence-corrected chi connectivity index (χ1v) is 8.02. The van der Waals surface area contributed by atoms with Crippen molar-refractivity contribution in [2.75, 3.05) is 13.2 Å². The van der Waals surface area contributed by atoms with E-state index in [1.807, 2.05) is 31.2 Å². The average Bonchev–Trinajstić information content (AvgIpc) is 3.00. The fraction of sp³-hybridized carbons (Fsp3) is 0.444. The molecule has 23 heavy (non-hydrogen) atoms. The zero-order chi connectivity index (χ0) is 16.4.